The molecule has 92 valence electrons. The summed E-state index contributed by atoms with van der Waals surface area (Å²) in [5, 5.41) is 3.65. The number of carbonyl (C=O) groups excluding carboxylic acids is 1. The van der Waals surface area contributed by atoms with Crippen LogP contribution in [0.3, 0.4) is 0 Å². The summed E-state index contributed by atoms with van der Waals surface area (Å²) in [5.41, 5.74) is 6.74. The zero-order valence-electron chi connectivity index (χ0n) is 9.11. The summed E-state index contributed by atoms with van der Waals surface area (Å²) in [6, 6.07) is 5.02. The average molecular weight is 273 g/mol. The van der Waals surface area contributed by atoms with Crippen LogP contribution >= 0.6 is 23.4 Å². The van der Waals surface area contributed by atoms with Crippen LogP contribution in [0.4, 0.5) is 11.4 Å². The standard InChI is InChI=1S/C11H13ClN2O2S/c12-9-3-7(13)1-2-10(9)14-11(15)6-17-8-4-16-5-8/h1-3,8H,4-6,13H2,(H,14,15). The summed E-state index contributed by atoms with van der Waals surface area (Å²) in [6.45, 7) is 1.47. The fourth-order valence-electron chi connectivity index (χ4n) is 1.32. The van der Waals surface area contributed by atoms with Crippen molar-refractivity contribution in [3.63, 3.8) is 0 Å². The van der Waals surface area contributed by atoms with Crippen LogP contribution in [0.5, 0.6) is 0 Å². The topological polar surface area (TPSA) is 64.3 Å². The fourth-order valence-corrected chi connectivity index (χ4v) is 2.40. The Bertz CT molecular complexity index is 424. The van der Waals surface area contributed by atoms with E-state index in [0.717, 1.165) is 13.2 Å². The van der Waals surface area contributed by atoms with Gasteiger partial charge in [-0.05, 0) is 18.2 Å². The van der Waals surface area contributed by atoms with Crippen LogP contribution in [0.15, 0.2) is 18.2 Å². The molecule has 1 amide bonds. The summed E-state index contributed by atoms with van der Waals surface area (Å²) >= 11 is 7.55. The smallest absolute Gasteiger partial charge is 0.234 e. The van der Waals surface area contributed by atoms with Crippen molar-refractivity contribution in [1.29, 1.82) is 0 Å². The van der Waals surface area contributed by atoms with Crippen LogP contribution in [0.1, 0.15) is 0 Å². The minimum atomic E-state index is -0.0615. The van der Waals surface area contributed by atoms with Crippen LogP contribution in [0, 0.1) is 0 Å². The van der Waals surface area contributed by atoms with Gasteiger partial charge in [-0.15, -0.1) is 11.8 Å². The summed E-state index contributed by atoms with van der Waals surface area (Å²) in [5.74, 6) is 0.350. The van der Waals surface area contributed by atoms with Crippen LogP contribution in [0.25, 0.3) is 0 Å². The maximum Gasteiger partial charge on any atom is 0.234 e. The van der Waals surface area contributed by atoms with Crippen molar-refractivity contribution in [2.75, 3.05) is 30.0 Å². The van der Waals surface area contributed by atoms with Crippen molar-refractivity contribution in [2.45, 2.75) is 5.25 Å². The first-order valence-electron chi connectivity index (χ1n) is 5.19. The maximum absolute atomic E-state index is 11.6. The molecule has 1 aliphatic rings. The highest BCUT2D eigenvalue weighted by Crippen LogP contribution is 2.25. The molecule has 0 bridgehead atoms. The Kier molecular flexibility index (Phi) is 4.15. The molecule has 2 rings (SSSR count). The number of rotatable bonds is 4. The Balaban J connectivity index is 1.84. The number of anilines is 2. The highest BCUT2D eigenvalue weighted by molar-refractivity contribution is 8.00. The van der Waals surface area contributed by atoms with Gasteiger partial charge in [0.15, 0.2) is 0 Å². The van der Waals surface area contributed by atoms with Crippen molar-refractivity contribution in [1.82, 2.24) is 0 Å². The lowest BCUT2D eigenvalue weighted by atomic mass is 10.3. The lowest BCUT2D eigenvalue weighted by molar-refractivity contribution is -0.113. The monoisotopic (exact) mass is 272 g/mol. The second-order valence-corrected chi connectivity index (χ2v) is 5.45. The normalized spacial score (nSPS) is 15.4. The average Bonchev–Trinajstić information content (AvgIpc) is 2.20. The van der Waals surface area contributed by atoms with Gasteiger partial charge in [-0.25, -0.2) is 0 Å². The maximum atomic E-state index is 11.6. The molecule has 1 saturated heterocycles. The first-order valence-corrected chi connectivity index (χ1v) is 6.62. The van der Waals surface area contributed by atoms with Gasteiger partial charge in [-0.1, -0.05) is 11.6 Å². The zero-order valence-corrected chi connectivity index (χ0v) is 10.7. The van der Waals surface area contributed by atoms with E-state index in [-0.39, 0.29) is 5.91 Å². The molecule has 1 aromatic rings. The second-order valence-electron chi connectivity index (χ2n) is 3.76. The van der Waals surface area contributed by atoms with Gasteiger partial charge in [0.1, 0.15) is 0 Å². The molecule has 1 fully saturated rings. The molecule has 0 unspecified atom stereocenters. The van der Waals surface area contributed by atoms with Gasteiger partial charge < -0.3 is 15.8 Å². The van der Waals surface area contributed by atoms with Crippen LogP contribution < -0.4 is 11.1 Å². The van der Waals surface area contributed by atoms with Gasteiger partial charge in [0.25, 0.3) is 0 Å². The van der Waals surface area contributed by atoms with Gasteiger partial charge in [0.05, 0.1) is 34.9 Å². The molecule has 0 aliphatic carbocycles. The minimum absolute atomic E-state index is 0.0615. The Morgan fingerprint density at radius 3 is 2.94 bits per heavy atom. The fraction of sp³-hybridized carbons (Fsp3) is 0.364. The Hall–Kier alpha value is -0.910. The van der Waals surface area contributed by atoms with Crippen molar-refractivity contribution in [2.24, 2.45) is 0 Å². The molecule has 0 atom stereocenters. The lowest BCUT2D eigenvalue weighted by Gasteiger charge is -2.24. The largest absolute Gasteiger partial charge is 0.399 e. The van der Waals surface area contributed by atoms with E-state index in [1.807, 2.05) is 0 Å². The Morgan fingerprint density at radius 1 is 1.59 bits per heavy atom. The molecule has 1 heterocycles. The molecule has 0 aromatic heterocycles. The molecule has 3 N–H and O–H groups in total. The predicted molar refractivity (Wildman–Crippen MR) is 71.6 cm³/mol. The molecule has 1 aromatic carbocycles. The third kappa shape index (κ3) is 3.52. The quantitative estimate of drug-likeness (QED) is 0.823. The number of hydrogen-bond donors (Lipinski definition) is 2. The lowest BCUT2D eigenvalue weighted by Crippen LogP contribution is -2.31. The van der Waals surface area contributed by atoms with E-state index in [4.69, 9.17) is 22.1 Å². The number of amides is 1. The summed E-state index contributed by atoms with van der Waals surface area (Å²) in [6.07, 6.45) is 0. The van der Waals surface area contributed by atoms with Crippen LogP contribution in [-0.2, 0) is 9.53 Å². The third-order valence-corrected chi connectivity index (χ3v) is 3.81. The van der Waals surface area contributed by atoms with Gasteiger partial charge in [-0.3, -0.25) is 4.79 Å². The van der Waals surface area contributed by atoms with Gasteiger partial charge in [0.2, 0.25) is 5.91 Å². The molecule has 4 nitrogen and oxygen atoms in total. The third-order valence-electron chi connectivity index (χ3n) is 2.32. The first kappa shape index (κ1) is 12.5. The highest BCUT2D eigenvalue weighted by Gasteiger charge is 2.19. The van der Waals surface area contributed by atoms with Crippen LogP contribution in [0.2, 0.25) is 5.02 Å². The van der Waals surface area contributed by atoms with Crippen molar-refractivity contribution >= 4 is 40.6 Å². The number of nitrogens with one attached hydrogen (secondary N) is 1. The van der Waals surface area contributed by atoms with Crippen molar-refractivity contribution in [3.8, 4) is 0 Å². The summed E-state index contributed by atoms with van der Waals surface area (Å²) < 4.78 is 5.03. The van der Waals surface area contributed by atoms with Gasteiger partial charge in [0, 0.05) is 5.69 Å². The Morgan fingerprint density at radius 2 is 2.35 bits per heavy atom. The highest BCUT2D eigenvalue weighted by atomic mass is 35.5. The number of ether oxygens (including phenoxy) is 1. The van der Waals surface area contributed by atoms with Crippen molar-refractivity contribution in [3.05, 3.63) is 23.2 Å². The van der Waals surface area contributed by atoms with E-state index in [1.165, 1.54) is 0 Å². The Labute approximate surface area is 109 Å². The zero-order chi connectivity index (χ0) is 12.3. The van der Waals surface area contributed by atoms with E-state index < -0.39 is 0 Å². The molecule has 6 heteroatoms. The molecule has 17 heavy (non-hydrogen) atoms. The van der Waals surface area contributed by atoms with E-state index in [1.54, 1.807) is 30.0 Å². The number of thioether (sulfide) groups is 1. The molecule has 1 aliphatic heterocycles. The minimum Gasteiger partial charge on any atom is -0.399 e. The molecule has 0 spiro atoms. The molecular weight excluding hydrogens is 260 g/mol. The van der Waals surface area contributed by atoms with Gasteiger partial charge in [-0.2, -0.15) is 0 Å². The van der Waals surface area contributed by atoms with Crippen molar-refractivity contribution < 1.29 is 9.53 Å². The number of nitrogen functional groups attached to an aromatic ring is 1. The molecular formula is C11H13ClN2O2S. The number of halogens is 1. The summed E-state index contributed by atoms with van der Waals surface area (Å²) in [7, 11) is 0. The molecule has 0 radical (unpaired) electrons. The van der Waals surface area contributed by atoms with E-state index in [0.29, 0.717) is 27.4 Å². The molecule has 0 saturated carbocycles. The summed E-state index contributed by atoms with van der Waals surface area (Å²) in [4.78, 5) is 11.6. The SMILES string of the molecule is Nc1ccc(NC(=O)CSC2COC2)c(Cl)c1. The number of benzene rings is 1. The van der Waals surface area contributed by atoms with E-state index >= 15 is 0 Å². The number of nitrogens with two attached hydrogens (primary N) is 1. The van der Waals surface area contributed by atoms with Crippen LogP contribution in [-0.4, -0.2) is 30.1 Å². The number of hydrogen-bond acceptors (Lipinski definition) is 4. The first-order chi connectivity index (χ1) is 8.15. The predicted octanol–water partition coefficient (Wildman–Crippen LogP) is 1.99. The second kappa shape index (κ2) is 5.62. The van der Waals surface area contributed by atoms with E-state index in [9.17, 15) is 4.79 Å². The van der Waals surface area contributed by atoms with E-state index in [2.05, 4.69) is 5.32 Å². The number of carbonyl (C=O) groups is 1. The van der Waals surface area contributed by atoms with Gasteiger partial charge >= 0.3 is 0 Å².